The summed E-state index contributed by atoms with van der Waals surface area (Å²) in [6.45, 7) is 4.36. The third-order valence-electron chi connectivity index (χ3n) is 3.93. The second-order valence-corrected chi connectivity index (χ2v) is 5.37. The molecule has 96 valence electrons. The van der Waals surface area contributed by atoms with E-state index in [1.807, 2.05) is 0 Å². The zero-order chi connectivity index (χ0) is 12.7. The normalized spacial score (nSPS) is 18.6. The van der Waals surface area contributed by atoms with Gasteiger partial charge in [0.25, 0.3) is 0 Å². The number of nitrogens with zero attached hydrogens (tertiary/aromatic N) is 3. The first kappa shape index (κ1) is 11.5. The molecule has 0 amide bonds. The molecule has 0 spiro atoms. The number of piperidine rings is 1. The van der Waals surface area contributed by atoms with E-state index in [0.717, 1.165) is 31.4 Å². The van der Waals surface area contributed by atoms with Crippen LogP contribution in [0.4, 0.5) is 5.95 Å². The lowest BCUT2D eigenvalue weighted by Gasteiger charge is -2.30. The van der Waals surface area contributed by atoms with E-state index in [2.05, 4.69) is 46.6 Å². The van der Waals surface area contributed by atoms with Crippen molar-refractivity contribution in [3.8, 4) is 0 Å². The molecule has 4 heteroatoms. The molecular formula is C14H20N4. The van der Waals surface area contributed by atoms with Crippen LogP contribution in [0.3, 0.4) is 0 Å². The Bertz CT molecular complexity index is 564. The van der Waals surface area contributed by atoms with Gasteiger partial charge in [-0.15, -0.1) is 0 Å². The standard InChI is InChI=1S/C14H20N4/c1-10-3-4-13-12(9-10)16-14(15)18(13)11-5-7-17(2)8-6-11/h3-4,9,11H,5-8H2,1-2H3,(H2,15,16). The number of nitrogen functional groups attached to an aromatic ring is 1. The largest absolute Gasteiger partial charge is 0.369 e. The minimum Gasteiger partial charge on any atom is -0.369 e. The fraction of sp³-hybridized carbons (Fsp3) is 0.500. The van der Waals surface area contributed by atoms with Gasteiger partial charge in [-0.25, -0.2) is 4.98 Å². The smallest absolute Gasteiger partial charge is 0.201 e. The molecule has 1 aromatic carbocycles. The highest BCUT2D eigenvalue weighted by Gasteiger charge is 2.22. The predicted octanol–water partition coefficient (Wildman–Crippen LogP) is 2.19. The number of benzene rings is 1. The zero-order valence-corrected chi connectivity index (χ0v) is 11.1. The van der Waals surface area contributed by atoms with Crippen molar-refractivity contribution in [2.75, 3.05) is 25.9 Å². The minimum atomic E-state index is 0.494. The van der Waals surface area contributed by atoms with Gasteiger partial charge in [0.1, 0.15) is 0 Å². The second-order valence-electron chi connectivity index (χ2n) is 5.37. The molecule has 1 fully saturated rings. The Kier molecular flexibility index (Phi) is 2.74. The van der Waals surface area contributed by atoms with Crippen molar-refractivity contribution < 1.29 is 0 Å². The molecule has 0 aliphatic carbocycles. The van der Waals surface area contributed by atoms with Crippen molar-refractivity contribution in [3.63, 3.8) is 0 Å². The molecule has 2 N–H and O–H groups in total. The molecule has 2 heterocycles. The van der Waals surface area contributed by atoms with Gasteiger partial charge in [0.15, 0.2) is 0 Å². The number of fused-ring (bicyclic) bond motifs is 1. The summed E-state index contributed by atoms with van der Waals surface area (Å²) in [4.78, 5) is 6.87. The maximum atomic E-state index is 6.11. The van der Waals surface area contributed by atoms with E-state index < -0.39 is 0 Å². The molecule has 1 aromatic heterocycles. The van der Waals surface area contributed by atoms with E-state index in [4.69, 9.17) is 5.73 Å². The molecule has 4 nitrogen and oxygen atoms in total. The van der Waals surface area contributed by atoms with Crippen molar-refractivity contribution >= 4 is 17.0 Å². The molecule has 0 saturated carbocycles. The first-order chi connectivity index (χ1) is 8.65. The molecule has 0 atom stereocenters. The fourth-order valence-electron chi connectivity index (χ4n) is 2.86. The number of likely N-dealkylation sites (tertiary alicyclic amines) is 1. The van der Waals surface area contributed by atoms with Crippen molar-refractivity contribution in [2.45, 2.75) is 25.8 Å². The molecule has 1 aliphatic heterocycles. The van der Waals surface area contributed by atoms with E-state index in [1.54, 1.807) is 0 Å². The summed E-state index contributed by atoms with van der Waals surface area (Å²) in [5.74, 6) is 0.658. The number of aryl methyl sites for hydroxylation is 1. The summed E-state index contributed by atoms with van der Waals surface area (Å²) in [5, 5.41) is 0. The Morgan fingerprint density at radius 1 is 1.28 bits per heavy atom. The number of hydrogen-bond acceptors (Lipinski definition) is 3. The Labute approximate surface area is 107 Å². The van der Waals surface area contributed by atoms with Crippen LogP contribution in [0.1, 0.15) is 24.4 Å². The van der Waals surface area contributed by atoms with E-state index >= 15 is 0 Å². The van der Waals surface area contributed by atoms with Crippen LogP contribution < -0.4 is 5.73 Å². The van der Waals surface area contributed by atoms with Crippen molar-refractivity contribution in [3.05, 3.63) is 23.8 Å². The Morgan fingerprint density at radius 2 is 2.00 bits per heavy atom. The summed E-state index contributed by atoms with van der Waals surface area (Å²) in [5.41, 5.74) is 9.53. The lowest BCUT2D eigenvalue weighted by Crippen LogP contribution is -2.31. The molecule has 1 aliphatic rings. The lowest BCUT2D eigenvalue weighted by molar-refractivity contribution is 0.225. The number of anilines is 1. The molecule has 2 aromatic rings. The summed E-state index contributed by atoms with van der Waals surface area (Å²) < 4.78 is 2.22. The van der Waals surface area contributed by atoms with Crippen molar-refractivity contribution in [1.82, 2.24) is 14.5 Å². The number of hydrogen-bond donors (Lipinski definition) is 1. The SMILES string of the molecule is Cc1ccc2c(c1)nc(N)n2C1CCN(C)CC1. The van der Waals surface area contributed by atoms with Gasteiger partial charge in [-0.05, 0) is 57.6 Å². The highest BCUT2D eigenvalue weighted by Crippen LogP contribution is 2.29. The average Bonchev–Trinajstić information content (AvgIpc) is 2.65. The van der Waals surface area contributed by atoms with E-state index in [1.165, 1.54) is 11.1 Å². The van der Waals surface area contributed by atoms with Crippen LogP contribution in [0, 0.1) is 6.92 Å². The lowest BCUT2D eigenvalue weighted by atomic mass is 10.0. The molecule has 0 radical (unpaired) electrons. The monoisotopic (exact) mass is 244 g/mol. The number of aromatic nitrogens is 2. The third-order valence-corrected chi connectivity index (χ3v) is 3.93. The molecule has 18 heavy (non-hydrogen) atoms. The maximum Gasteiger partial charge on any atom is 0.201 e. The van der Waals surface area contributed by atoms with Crippen LogP contribution in [0.5, 0.6) is 0 Å². The van der Waals surface area contributed by atoms with Gasteiger partial charge < -0.3 is 15.2 Å². The highest BCUT2D eigenvalue weighted by atomic mass is 15.2. The van der Waals surface area contributed by atoms with Crippen LogP contribution in [-0.2, 0) is 0 Å². The topological polar surface area (TPSA) is 47.1 Å². The quantitative estimate of drug-likeness (QED) is 0.836. The maximum absolute atomic E-state index is 6.11. The number of rotatable bonds is 1. The third kappa shape index (κ3) is 1.86. The van der Waals surface area contributed by atoms with Crippen LogP contribution in [0.25, 0.3) is 11.0 Å². The summed E-state index contributed by atoms with van der Waals surface area (Å²) >= 11 is 0. The van der Waals surface area contributed by atoms with Gasteiger partial charge in [-0.1, -0.05) is 6.07 Å². The predicted molar refractivity (Wildman–Crippen MR) is 74.7 cm³/mol. The van der Waals surface area contributed by atoms with Gasteiger partial charge in [0.2, 0.25) is 5.95 Å². The van der Waals surface area contributed by atoms with Crippen molar-refractivity contribution in [1.29, 1.82) is 0 Å². The van der Waals surface area contributed by atoms with Gasteiger partial charge in [0, 0.05) is 6.04 Å². The van der Waals surface area contributed by atoms with Crippen LogP contribution in [-0.4, -0.2) is 34.6 Å². The van der Waals surface area contributed by atoms with E-state index in [9.17, 15) is 0 Å². The molecule has 0 bridgehead atoms. The average molecular weight is 244 g/mol. The van der Waals surface area contributed by atoms with Crippen LogP contribution in [0.2, 0.25) is 0 Å². The van der Waals surface area contributed by atoms with Crippen LogP contribution >= 0.6 is 0 Å². The first-order valence-corrected chi connectivity index (χ1v) is 6.58. The molecule has 0 unspecified atom stereocenters. The van der Waals surface area contributed by atoms with Gasteiger partial charge in [0.05, 0.1) is 11.0 Å². The summed E-state index contributed by atoms with van der Waals surface area (Å²) in [7, 11) is 2.18. The number of imidazole rings is 1. The Hall–Kier alpha value is -1.55. The highest BCUT2D eigenvalue weighted by molar-refractivity contribution is 5.79. The molecular weight excluding hydrogens is 224 g/mol. The number of nitrogens with two attached hydrogens (primary N) is 1. The second kappa shape index (κ2) is 4.28. The fourth-order valence-corrected chi connectivity index (χ4v) is 2.86. The molecule has 3 rings (SSSR count). The van der Waals surface area contributed by atoms with Gasteiger partial charge in [-0.2, -0.15) is 0 Å². The van der Waals surface area contributed by atoms with Crippen molar-refractivity contribution in [2.24, 2.45) is 0 Å². The van der Waals surface area contributed by atoms with Gasteiger partial charge >= 0.3 is 0 Å². The summed E-state index contributed by atoms with van der Waals surface area (Å²) in [6.07, 6.45) is 2.31. The van der Waals surface area contributed by atoms with Crippen LogP contribution in [0.15, 0.2) is 18.2 Å². The summed E-state index contributed by atoms with van der Waals surface area (Å²) in [6, 6.07) is 6.88. The minimum absolute atomic E-state index is 0.494. The Morgan fingerprint density at radius 3 is 2.72 bits per heavy atom. The Balaban J connectivity index is 2.03. The first-order valence-electron chi connectivity index (χ1n) is 6.58. The zero-order valence-electron chi connectivity index (χ0n) is 11.1. The van der Waals surface area contributed by atoms with E-state index in [0.29, 0.717) is 12.0 Å². The van der Waals surface area contributed by atoms with E-state index in [-0.39, 0.29) is 0 Å². The van der Waals surface area contributed by atoms with Gasteiger partial charge in [-0.3, -0.25) is 0 Å². The molecule has 1 saturated heterocycles.